The predicted octanol–water partition coefficient (Wildman–Crippen LogP) is 8.15. The number of hydrogen-bond donors (Lipinski definition) is 0. The maximum absolute atomic E-state index is 10.8. The zero-order valence-corrected chi connectivity index (χ0v) is 20.1. The lowest BCUT2D eigenvalue weighted by Gasteiger charge is -2.10. The van der Waals surface area contributed by atoms with Gasteiger partial charge in [0.2, 0.25) is 0 Å². The number of unbranched alkanes of at least 4 members (excludes halogenated alkanes) is 5. The molecule has 4 rings (SSSR count). The number of benzene rings is 4. The molecular formula is C30H28N2O4. The molecule has 0 atom stereocenters. The van der Waals surface area contributed by atoms with Crippen molar-refractivity contribution in [1.29, 1.82) is 0 Å². The molecule has 0 amide bonds. The van der Waals surface area contributed by atoms with Gasteiger partial charge in [-0.2, -0.15) is 0 Å². The third-order valence-corrected chi connectivity index (χ3v) is 6.15. The molecular weight excluding hydrogens is 452 g/mol. The Bertz CT molecular complexity index is 1330. The second kappa shape index (κ2) is 12.9. The van der Waals surface area contributed by atoms with E-state index in [2.05, 4.69) is 22.2 Å². The molecule has 0 bridgehead atoms. The van der Waals surface area contributed by atoms with Gasteiger partial charge in [0.1, 0.15) is 11.5 Å². The molecule has 182 valence electrons. The molecule has 0 aromatic heterocycles. The van der Waals surface area contributed by atoms with E-state index in [0.717, 1.165) is 60.1 Å². The van der Waals surface area contributed by atoms with Gasteiger partial charge in [0.25, 0.3) is 0 Å². The lowest BCUT2D eigenvalue weighted by atomic mass is 10.0. The van der Waals surface area contributed by atoms with Gasteiger partial charge in [-0.05, 0) is 35.7 Å². The fourth-order valence-corrected chi connectivity index (χ4v) is 4.34. The summed E-state index contributed by atoms with van der Waals surface area (Å²) in [4.78, 5) is 0. The fraction of sp³-hybridized carbons (Fsp3) is 0.267. The summed E-state index contributed by atoms with van der Waals surface area (Å²) < 4.78 is 11.9. The minimum atomic E-state index is 0.581. The molecule has 6 heteroatoms. The van der Waals surface area contributed by atoms with Gasteiger partial charge in [-0.25, -0.2) is 0 Å². The van der Waals surface area contributed by atoms with Crippen LogP contribution in [0.3, 0.4) is 0 Å². The molecule has 0 aliphatic heterocycles. The Morgan fingerprint density at radius 3 is 1.39 bits per heavy atom. The maximum Gasteiger partial charge on any atom is 0.341 e. The molecule has 4 aromatic carbocycles. The highest BCUT2D eigenvalue weighted by molar-refractivity contribution is 5.91. The van der Waals surface area contributed by atoms with E-state index in [9.17, 15) is 10.4 Å². The van der Waals surface area contributed by atoms with Gasteiger partial charge < -0.3 is 19.9 Å². The summed E-state index contributed by atoms with van der Waals surface area (Å²) in [6.07, 6.45) is 6.21. The number of hydrogen-bond acceptors (Lipinski definition) is 4. The van der Waals surface area contributed by atoms with E-state index < -0.39 is 0 Å². The molecule has 6 nitrogen and oxygen atoms in total. The van der Waals surface area contributed by atoms with Crippen LogP contribution in [0.5, 0.6) is 11.5 Å². The SMILES string of the molecule is [O-][N+]#Cc1c(OCCCCCCCCOc2ccc3ccccc3c2C#[N+][O-])ccc2ccccc12. The largest absolute Gasteiger partial charge is 0.498 e. The van der Waals surface area contributed by atoms with Gasteiger partial charge in [0, 0.05) is 20.8 Å². The van der Waals surface area contributed by atoms with Crippen molar-refractivity contribution in [2.24, 2.45) is 0 Å². The van der Waals surface area contributed by atoms with E-state index in [4.69, 9.17) is 9.47 Å². The van der Waals surface area contributed by atoms with Crippen LogP contribution in [0.25, 0.3) is 31.6 Å². The Kier molecular flexibility index (Phi) is 8.84. The van der Waals surface area contributed by atoms with Crippen molar-refractivity contribution in [3.63, 3.8) is 0 Å². The van der Waals surface area contributed by atoms with Crippen molar-refractivity contribution in [3.05, 3.63) is 104 Å². The summed E-state index contributed by atoms with van der Waals surface area (Å²) in [5.41, 5.74) is 1.22. The lowest BCUT2D eigenvalue weighted by Crippen LogP contribution is -2.00. The summed E-state index contributed by atoms with van der Waals surface area (Å²) in [5, 5.41) is 31.2. The van der Waals surface area contributed by atoms with E-state index >= 15 is 0 Å². The van der Waals surface area contributed by atoms with Crippen LogP contribution < -0.4 is 9.47 Å². The van der Waals surface area contributed by atoms with Crippen molar-refractivity contribution in [2.75, 3.05) is 13.2 Å². The van der Waals surface area contributed by atoms with Crippen LogP contribution in [-0.2, 0) is 0 Å². The van der Waals surface area contributed by atoms with Gasteiger partial charge in [-0.15, -0.1) is 0 Å². The number of nitrogens with zero attached hydrogens (tertiary/aromatic N) is 2. The van der Waals surface area contributed by atoms with Crippen LogP contribution in [0.4, 0.5) is 0 Å². The van der Waals surface area contributed by atoms with Crippen molar-refractivity contribution in [2.45, 2.75) is 38.5 Å². The average molecular weight is 481 g/mol. The molecule has 0 spiro atoms. The van der Waals surface area contributed by atoms with Crippen LogP contribution >= 0.6 is 0 Å². The van der Waals surface area contributed by atoms with Crippen LogP contribution in [0.2, 0.25) is 0 Å². The van der Waals surface area contributed by atoms with Gasteiger partial charge in [0.15, 0.2) is 11.1 Å². The molecule has 0 fully saturated rings. The molecule has 0 unspecified atom stereocenters. The molecule has 36 heavy (non-hydrogen) atoms. The summed E-state index contributed by atoms with van der Waals surface area (Å²) >= 11 is 0. The molecule has 0 N–H and O–H groups in total. The van der Waals surface area contributed by atoms with Crippen LogP contribution in [0.15, 0.2) is 72.8 Å². The number of ether oxygens (including phenoxy) is 2. The van der Waals surface area contributed by atoms with Crippen LogP contribution in [0, 0.1) is 22.6 Å². The number of fused-ring (bicyclic) bond motifs is 2. The number of rotatable bonds is 11. The Labute approximate surface area is 210 Å². The quantitative estimate of drug-likeness (QED) is 0.160. The van der Waals surface area contributed by atoms with Crippen molar-refractivity contribution < 1.29 is 9.47 Å². The predicted molar refractivity (Wildman–Crippen MR) is 146 cm³/mol. The topological polar surface area (TPSA) is 73.3 Å². The Balaban J connectivity index is 1.16. The highest BCUT2D eigenvalue weighted by Gasteiger charge is 2.12. The first-order valence-corrected chi connectivity index (χ1v) is 12.3. The minimum absolute atomic E-state index is 0.581. The highest BCUT2D eigenvalue weighted by atomic mass is 16.5. The summed E-state index contributed by atoms with van der Waals surface area (Å²) in [6, 6.07) is 28.4. The van der Waals surface area contributed by atoms with Crippen molar-refractivity contribution >= 4 is 21.5 Å². The molecule has 0 saturated carbocycles. The first-order valence-electron chi connectivity index (χ1n) is 12.3. The molecule has 0 saturated heterocycles. The van der Waals surface area contributed by atoms with Gasteiger partial charge >= 0.3 is 12.1 Å². The maximum atomic E-state index is 10.8. The van der Waals surface area contributed by atoms with E-state index in [0.29, 0.717) is 35.8 Å². The fourth-order valence-electron chi connectivity index (χ4n) is 4.34. The van der Waals surface area contributed by atoms with Gasteiger partial charge in [-0.1, -0.05) is 86.3 Å². The second-order valence-electron chi connectivity index (χ2n) is 8.54. The van der Waals surface area contributed by atoms with E-state index in [1.54, 1.807) is 0 Å². The Hall–Kier alpha value is -4.42. The zero-order chi connectivity index (χ0) is 25.0. The molecule has 0 heterocycles. The van der Waals surface area contributed by atoms with Gasteiger partial charge in [0.05, 0.1) is 13.2 Å². The van der Waals surface area contributed by atoms with E-state index in [1.807, 2.05) is 72.8 Å². The molecule has 0 aliphatic rings. The first kappa shape index (κ1) is 24.7. The van der Waals surface area contributed by atoms with Crippen molar-refractivity contribution in [1.82, 2.24) is 0 Å². The molecule has 0 aliphatic carbocycles. The normalized spacial score (nSPS) is 10.3. The highest BCUT2D eigenvalue weighted by Crippen LogP contribution is 2.29. The standard InChI is InChI=1S/C30H28N2O4/c33-31-21-27-25-13-7-5-11-23(25)15-17-29(27)35-19-9-3-1-2-4-10-20-36-30-18-16-24-12-6-8-14-26(24)28(30)22-32-34/h5-8,11-18H,1-4,9-10,19-20H2. The van der Waals surface area contributed by atoms with Gasteiger partial charge in [-0.3, -0.25) is 0 Å². The third kappa shape index (κ3) is 6.17. The van der Waals surface area contributed by atoms with Crippen LogP contribution in [-0.4, -0.2) is 13.2 Å². The summed E-state index contributed by atoms with van der Waals surface area (Å²) in [6.45, 7) is 1.16. The summed E-state index contributed by atoms with van der Waals surface area (Å²) in [7, 11) is 0. The van der Waals surface area contributed by atoms with Crippen LogP contribution in [0.1, 0.15) is 49.7 Å². The minimum Gasteiger partial charge on any atom is -0.498 e. The zero-order valence-electron chi connectivity index (χ0n) is 20.1. The second-order valence-corrected chi connectivity index (χ2v) is 8.54. The first-order chi connectivity index (χ1) is 17.8. The smallest absolute Gasteiger partial charge is 0.341 e. The monoisotopic (exact) mass is 480 g/mol. The van der Waals surface area contributed by atoms with Crippen molar-refractivity contribution in [3.8, 4) is 23.6 Å². The molecule has 0 radical (unpaired) electrons. The summed E-state index contributed by atoms with van der Waals surface area (Å²) in [5.74, 6) is 1.27. The van der Waals surface area contributed by atoms with E-state index in [-0.39, 0.29) is 0 Å². The lowest BCUT2D eigenvalue weighted by molar-refractivity contribution is 0.296. The Morgan fingerprint density at radius 2 is 0.944 bits per heavy atom. The average Bonchev–Trinajstić information content (AvgIpc) is 2.91. The van der Waals surface area contributed by atoms with E-state index in [1.165, 1.54) is 0 Å². The molecule has 4 aromatic rings. The third-order valence-electron chi connectivity index (χ3n) is 6.15. The Morgan fingerprint density at radius 1 is 0.528 bits per heavy atom.